The summed E-state index contributed by atoms with van der Waals surface area (Å²) in [4.78, 5) is 38.7. The van der Waals surface area contributed by atoms with E-state index in [4.69, 9.17) is 9.84 Å². The normalized spacial score (nSPS) is 18.1. The quantitative estimate of drug-likeness (QED) is 0.196. The number of aromatic nitrogens is 2. The molecule has 3 amide bonds. The van der Waals surface area contributed by atoms with Gasteiger partial charge < -0.3 is 10.1 Å². The molecule has 2 saturated heterocycles. The van der Waals surface area contributed by atoms with Crippen LogP contribution in [0.4, 0.5) is 23.2 Å². The lowest BCUT2D eigenvalue weighted by atomic mass is 9.89. The van der Waals surface area contributed by atoms with Gasteiger partial charge in [-0.2, -0.15) is 18.3 Å². The maximum absolute atomic E-state index is 15.0. The molecule has 3 aromatic carbocycles. The fraction of sp³-hybridized carbons (Fsp3) is 0.333. The zero-order chi connectivity index (χ0) is 32.6. The Balaban J connectivity index is 1.10. The molecule has 2 fully saturated rings. The number of carbonyl (C=O) groups excluding carboxylic acids is 3. The highest BCUT2D eigenvalue weighted by Crippen LogP contribution is 2.34. The fourth-order valence-corrected chi connectivity index (χ4v) is 6.10. The number of nitrogens with zero attached hydrogens (tertiary/aromatic N) is 3. The lowest BCUT2D eigenvalue weighted by Gasteiger charge is -2.32. The Morgan fingerprint density at radius 2 is 1.85 bits per heavy atom. The van der Waals surface area contributed by atoms with Crippen LogP contribution in [0.2, 0.25) is 0 Å². The standard InChI is InChI=1S/C33H31F4N5O4/c1-46-29-16-27-21(15-28(29)38-31(44)20-3-2-4-22(14-20)33(35,36)37)18-42(40-27)23-9-11-41(12-10-23)17-19-5-6-24(26(34)13-19)25-7-8-30(43)39-32(25)45/h2-6,13-16,18,23,25H,7-12,17H2,1H3,(H,38,44)(H,39,43,45). The Hall–Kier alpha value is -4.78. The molecule has 2 aliphatic heterocycles. The van der Waals surface area contributed by atoms with E-state index in [9.17, 15) is 31.9 Å². The molecular formula is C33H31F4N5O4. The summed E-state index contributed by atoms with van der Waals surface area (Å²) in [5.74, 6) is -2.31. The van der Waals surface area contributed by atoms with E-state index in [1.54, 1.807) is 18.2 Å². The maximum atomic E-state index is 15.0. The molecule has 1 unspecified atom stereocenters. The second-order valence-corrected chi connectivity index (χ2v) is 11.6. The van der Waals surface area contributed by atoms with Crippen LogP contribution in [0.5, 0.6) is 5.75 Å². The van der Waals surface area contributed by atoms with Gasteiger partial charge in [-0.3, -0.25) is 29.3 Å². The molecular weight excluding hydrogens is 606 g/mol. The number of halogens is 4. The third kappa shape index (κ3) is 6.59. The van der Waals surface area contributed by atoms with Gasteiger partial charge in [0.05, 0.1) is 35.8 Å². The number of hydrogen-bond donors (Lipinski definition) is 2. The van der Waals surface area contributed by atoms with E-state index < -0.39 is 35.3 Å². The van der Waals surface area contributed by atoms with Gasteiger partial charge in [-0.1, -0.05) is 18.2 Å². The Labute approximate surface area is 261 Å². The van der Waals surface area contributed by atoms with E-state index in [-0.39, 0.29) is 23.9 Å². The number of carbonyl (C=O) groups is 3. The number of rotatable bonds is 7. The summed E-state index contributed by atoms with van der Waals surface area (Å²) in [6.45, 7) is 2.05. The van der Waals surface area contributed by atoms with Crippen LogP contribution in [0.3, 0.4) is 0 Å². The Bertz CT molecular complexity index is 1810. The second-order valence-electron chi connectivity index (χ2n) is 11.6. The number of benzene rings is 3. The number of anilines is 1. The lowest BCUT2D eigenvalue weighted by molar-refractivity contribution is -0.138. The van der Waals surface area contributed by atoms with Gasteiger partial charge in [0.15, 0.2) is 0 Å². The zero-order valence-corrected chi connectivity index (χ0v) is 24.9. The molecule has 9 nitrogen and oxygen atoms in total. The molecule has 1 atom stereocenters. The highest BCUT2D eigenvalue weighted by molar-refractivity contribution is 6.06. The number of amides is 3. The zero-order valence-electron chi connectivity index (χ0n) is 24.9. The first-order chi connectivity index (χ1) is 22.0. The van der Waals surface area contributed by atoms with E-state index in [0.717, 1.165) is 49.0 Å². The van der Waals surface area contributed by atoms with Crippen molar-refractivity contribution >= 4 is 34.3 Å². The van der Waals surface area contributed by atoms with E-state index in [2.05, 4.69) is 15.5 Å². The van der Waals surface area contributed by atoms with Crippen molar-refractivity contribution in [1.29, 1.82) is 0 Å². The fourth-order valence-electron chi connectivity index (χ4n) is 6.10. The third-order valence-electron chi connectivity index (χ3n) is 8.56. The Morgan fingerprint density at radius 1 is 1.07 bits per heavy atom. The van der Waals surface area contributed by atoms with Crippen LogP contribution in [-0.4, -0.2) is 52.6 Å². The van der Waals surface area contributed by atoms with Crippen LogP contribution in [0.15, 0.2) is 60.8 Å². The maximum Gasteiger partial charge on any atom is 0.416 e. The minimum atomic E-state index is -4.57. The van der Waals surface area contributed by atoms with Gasteiger partial charge in [0.2, 0.25) is 11.8 Å². The van der Waals surface area contributed by atoms with Crippen molar-refractivity contribution in [1.82, 2.24) is 20.0 Å². The number of likely N-dealkylation sites (tertiary alicyclic amines) is 1. The smallest absolute Gasteiger partial charge is 0.416 e. The molecule has 0 radical (unpaired) electrons. The predicted octanol–water partition coefficient (Wildman–Crippen LogP) is 5.81. The number of fused-ring (bicyclic) bond motifs is 1. The first-order valence-electron chi connectivity index (χ1n) is 14.9. The average Bonchev–Trinajstić information content (AvgIpc) is 3.44. The monoisotopic (exact) mass is 637 g/mol. The van der Waals surface area contributed by atoms with Crippen LogP contribution >= 0.6 is 0 Å². The van der Waals surface area contributed by atoms with Crippen LogP contribution in [0.1, 0.15) is 64.7 Å². The summed E-state index contributed by atoms with van der Waals surface area (Å²) >= 11 is 0. The molecule has 0 aliphatic carbocycles. The number of piperidine rings is 2. The van der Waals surface area contributed by atoms with Crippen molar-refractivity contribution < 1.29 is 36.7 Å². The molecule has 46 heavy (non-hydrogen) atoms. The second kappa shape index (κ2) is 12.5. The summed E-state index contributed by atoms with van der Waals surface area (Å²) in [6, 6.07) is 12.6. The van der Waals surface area contributed by atoms with E-state index >= 15 is 0 Å². The number of alkyl halides is 3. The van der Waals surface area contributed by atoms with E-state index in [0.29, 0.717) is 35.5 Å². The van der Waals surface area contributed by atoms with Crippen LogP contribution in [0, 0.1) is 5.82 Å². The number of ether oxygens (including phenoxy) is 1. The van der Waals surface area contributed by atoms with Gasteiger partial charge in [0.25, 0.3) is 5.91 Å². The SMILES string of the molecule is COc1cc2nn(C3CCN(Cc4ccc(C5CCC(=O)NC5=O)c(F)c4)CC3)cc2cc1NC(=O)c1cccc(C(F)(F)F)c1. The molecule has 240 valence electrons. The van der Waals surface area contributed by atoms with Crippen LogP contribution in [-0.2, 0) is 22.3 Å². The van der Waals surface area contributed by atoms with E-state index in [1.165, 1.54) is 25.3 Å². The van der Waals surface area contributed by atoms with Crippen LogP contribution in [0.25, 0.3) is 10.9 Å². The van der Waals surface area contributed by atoms with Gasteiger partial charge >= 0.3 is 6.18 Å². The van der Waals surface area contributed by atoms with Crippen molar-refractivity contribution in [3.8, 4) is 5.75 Å². The van der Waals surface area contributed by atoms with Gasteiger partial charge in [-0.05, 0) is 55.2 Å². The molecule has 0 saturated carbocycles. The average molecular weight is 638 g/mol. The van der Waals surface area contributed by atoms with Crippen molar-refractivity contribution in [2.45, 2.75) is 50.4 Å². The van der Waals surface area contributed by atoms with Crippen molar-refractivity contribution in [3.05, 3.63) is 88.9 Å². The highest BCUT2D eigenvalue weighted by Gasteiger charge is 2.32. The molecule has 2 N–H and O–H groups in total. The first-order valence-corrected chi connectivity index (χ1v) is 14.9. The summed E-state index contributed by atoms with van der Waals surface area (Å²) in [7, 11) is 1.43. The molecule has 3 heterocycles. The Kier molecular flexibility index (Phi) is 8.51. The topological polar surface area (TPSA) is 106 Å². The predicted molar refractivity (Wildman–Crippen MR) is 161 cm³/mol. The summed E-state index contributed by atoms with van der Waals surface area (Å²) in [5.41, 5.74) is 1.000. The molecule has 4 aromatic rings. The van der Waals surface area contributed by atoms with Crippen molar-refractivity contribution in [2.24, 2.45) is 0 Å². The molecule has 13 heteroatoms. The van der Waals surface area contributed by atoms with E-state index in [1.807, 2.05) is 16.9 Å². The lowest BCUT2D eigenvalue weighted by Crippen LogP contribution is -2.39. The van der Waals surface area contributed by atoms with Gasteiger partial charge in [-0.25, -0.2) is 4.39 Å². The van der Waals surface area contributed by atoms with Crippen molar-refractivity contribution in [3.63, 3.8) is 0 Å². The minimum Gasteiger partial charge on any atom is -0.494 e. The Morgan fingerprint density at radius 3 is 2.54 bits per heavy atom. The third-order valence-corrected chi connectivity index (χ3v) is 8.56. The summed E-state index contributed by atoms with van der Waals surface area (Å²) in [5, 5.41) is 10.4. The first kappa shape index (κ1) is 31.2. The number of methoxy groups -OCH3 is 1. The number of imide groups is 1. The molecule has 0 bridgehead atoms. The summed E-state index contributed by atoms with van der Waals surface area (Å²) < 4.78 is 61.7. The van der Waals surface area contributed by atoms with Crippen LogP contribution < -0.4 is 15.4 Å². The largest absolute Gasteiger partial charge is 0.494 e. The molecule has 1 aromatic heterocycles. The van der Waals surface area contributed by atoms with Crippen molar-refractivity contribution in [2.75, 3.05) is 25.5 Å². The summed E-state index contributed by atoms with van der Waals surface area (Å²) in [6.07, 6.45) is -0.632. The minimum absolute atomic E-state index is 0.101. The molecule has 2 aliphatic rings. The number of nitrogens with one attached hydrogen (secondary N) is 2. The van der Waals surface area contributed by atoms with Gasteiger partial charge in [0.1, 0.15) is 11.6 Å². The van der Waals surface area contributed by atoms with Gasteiger partial charge in [-0.15, -0.1) is 0 Å². The molecule has 0 spiro atoms. The highest BCUT2D eigenvalue weighted by atomic mass is 19.4. The van der Waals surface area contributed by atoms with Gasteiger partial charge in [0, 0.05) is 54.8 Å². The number of hydrogen-bond acceptors (Lipinski definition) is 6. The molecule has 6 rings (SSSR count).